The molecule has 0 spiro atoms. The van der Waals surface area contributed by atoms with Gasteiger partial charge in [0.2, 0.25) is 5.91 Å². The number of hydrogen-bond acceptors (Lipinski definition) is 3. The zero-order chi connectivity index (χ0) is 13.3. The first-order valence-electron chi connectivity index (χ1n) is 6.39. The summed E-state index contributed by atoms with van der Waals surface area (Å²) < 4.78 is 0. The minimum absolute atomic E-state index is 0.00407. The average Bonchev–Trinajstić information content (AvgIpc) is 2.30. The molecule has 0 aromatic rings. The topological polar surface area (TPSA) is 47.3 Å². The van der Waals surface area contributed by atoms with Crippen molar-refractivity contribution in [3.63, 3.8) is 0 Å². The van der Waals surface area contributed by atoms with Gasteiger partial charge in [0.05, 0.1) is 6.07 Å². The summed E-state index contributed by atoms with van der Waals surface area (Å²) in [6.45, 7) is 6.37. The van der Waals surface area contributed by atoms with Gasteiger partial charge >= 0.3 is 0 Å². The monoisotopic (exact) mass is 239 g/mol. The molecule has 98 valence electrons. The van der Waals surface area contributed by atoms with E-state index in [-0.39, 0.29) is 5.91 Å². The summed E-state index contributed by atoms with van der Waals surface area (Å²) in [7, 11) is 4.04. The second-order valence-electron chi connectivity index (χ2n) is 4.55. The van der Waals surface area contributed by atoms with E-state index in [1.807, 2.05) is 27.9 Å². The van der Waals surface area contributed by atoms with Crippen molar-refractivity contribution in [2.75, 3.05) is 33.7 Å². The summed E-state index contributed by atoms with van der Waals surface area (Å²) in [5.74, 6) is -0.463. The summed E-state index contributed by atoms with van der Waals surface area (Å²) in [5, 5.41) is 8.98. The van der Waals surface area contributed by atoms with Gasteiger partial charge in [0.15, 0.2) is 0 Å². The SMILES string of the molecule is CCCC(C#N)C(=O)N(CC)CCCN(C)C. The maximum atomic E-state index is 12.1. The minimum Gasteiger partial charge on any atom is -0.342 e. The van der Waals surface area contributed by atoms with E-state index in [1.54, 1.807) is 4.90 Å². The number of nitrogens with zero attached hydrogens (tertiary/aromatic N) is 3. The Hall–Kier alpha value is -1.08. The smallest absolute Gasteiger partial charge is 0.239 e. The maximum Gasteiger partial charge on any atom is 0.239 e. The van der Waals surface area contributed by atoms with Gasteiger partial charge in [-0.15, -0.1) is 0 Å². The second kappa shape index (κ2) is 9.00. The van der Waals surface area contributed by atoms with E-state index < -0.39 is 5.92 Å². The van der Waals surface area contributed by atoms with Crippen LogP contribution in [0.3, 0.4) is 0 Å². The molecule has 0 heterocycles. The van der Waals surface area contributed by atoms with Crippen LogP contribution in [0.4, 0.5) is 0 Å². The molecular weight excluding hydrogens is 214 g/mol. The van der Waals surface area contributed by atoms with Gasteiger partial charge in [-0.25, -0.2) is 0 Å². The quantitative estimate of drug-likeness (QED) is 0.648. The first-order valence-corrected chi connectivity index (χ1v) is 6.39. The first-order chi connectivity index (χ1) is 8.06. The molecule has 4 heteroatoms. The Kier molecular flexibility index (Phi) is 8.43. The Morgan fingerprint density at radius 3 is 2.35 bits per heavy atom. The van der Waals surface area contributed by atoms with Crippen LogP contribution >= 0.6 is 0 Å². The van der Waals surface area contributed by atoms with Crippen molar-refractivity contribution < 1.29 is 4.79 Å². The Morgan fingerprint density at radius 1 is 1.29 bits per heavy atom. The molecule has 0 aliphatic carbocycles. The van der Waals surface area contributed by atoms with E-state index in [0.717, 1.165) is 25.9 Å². The number of carbonyl (C=O) groups is 1. The van der Waals surface area contributed by atoms with Crippen LogP contribution in [0.2, 0.25) is 0 Å². The van der Waals surface area contributed by atoms with E-state index in [9.17, 15) is 4.79 Å². The molecule has 0 aliphatic rings. The molecule has 1 amide bonds. The molecule has 1 unspecified atom stereocenters. The molecular formula is C13H25N3O. The number of nitriles is 1. The lowest BCUT2D eigenvalue weighted by atomic mass is 10.0. The summed E-state index contributed by atoms with van der Waals surface area (Å²) in [4.78, 5) is 16.0. The highest BCUT2D eigenvalue weighted by Gasteiger charge is 2.21. The Balaban J connectivity index is 4.24. The van der Waals surface area contributed by atoms with E-state index in [4.69, 9.17) is 5.26 Å². The number of amides is 1. The van der Waals surface area contributed by atoms with Crippen LogP contribution in [0, 0.1) is 17.2 Å². The van der Waals surface area contributed by atoms with E-state index in [0.29, 0.717) is 13.0 Å². The van der Waals surface area contributed by atoms with Crippen LogP contribution in [0.25, 0.3) is 0 Å². The van der Waals surface area contributed by atoms with Crippen molar-refractivity contribution in [3.05, 3.63) is 0 Å². The van der Waals surface area contributed by atoms with Crippen LogP contribution < -0.4 is 0 Å². The van der Waals surface area contributed by atoms with E-state index in [2.05, 4.69) is 11.0 Å². The fourth-order valence-electron chi connectivity index (χ4n) is 1.75. The maximum absolute atomic E-state index is 12.1. The lowest BCUT2D eigenvalue weighted by Crippen LogP contribution is -2.37. The van der Waals surface area contributed by atoms with Crippen molar-refractivity contribution in [1.82, 2.24) is 9.80 Å². The lowest BCUT2D eigenvalue weighted by molar-refractivity contribution is -0.133. The fraction of sp³-hybridized carbons (Fsp3) is 0.846. The molecule has 1 atom stereocenters. The van der Waals surface area contributed by atoms with Gasteiger partial charge in [-0.05, 0) is 40.4 Å². The molecule has 0 aliphatic heterocycles. The highest BCUT2D eigenvalue weighted by atomic mass is 16.2. The van der Waals surface area contributed by atoms with E-state index in [1.165, 1.54) is 0 Å². The third-order valence-corrected chi connectivity index (χ3v) is 2.76. The molecule has 0 aromatic carbocycles. The molecule has 0 N–H and O–H groups in total. The highest BCUT2D eigenvalue weighted by Crippen LogP contribution is 2.10. The molecule has 0 fully saturated rings. The molecule has 0 bridgehead atoms. The van der Waals surface area contributed by atoms with Crippen molar-refractivity contribution in [2.45, 2.75) is 33.1 Å². The van der Waals surface area contributed by atoms with Gasteiger partial charge in [-0.1, -0.05) is 13.3 Å². The van der Waals surface area contributed by atoms with E-state index >= 15 is 0 Å². The zero-order valence-corrected chi connectivity index (χ0v) is 11.6. The first kappa shape index (κ1) is 15.9. The summed E-state index contributed by atoms with van der Waals surface area (Å²) in [6, 6.07) is 2.12. The molecule has 0 rings (SSSR count). The lowest BCUT2D eigenvalue weighted by Gasteiger charge is -2.23. The molecule has 0 saturated carbocycles. The number of hydrogen-bond donors (Lipinski definition) is 0. The Labute approximate surface area is 105 Å². The van der Waals surface area contributed by atoms with Gasteiger partial charge in [0.25, 0.3) is 0 Å². The third kappa shape index (κ3) is 6.28. The number of carbonyl (C=O) groups excluding carboxylic acids is 1. The Bertz CT molecular complexity index is 258. The largest absolute Gasteiger partial charge is 0.342 e. The van der Waals surface area contributed by atoms with Gasteiger partial charge in [-0.2, -0.15) is 5.26 Å². The van der Waals surface area contributed by atoms with Gasteiger partial charge in [-0.3, -0.25) is 4.79 Å². The highest BCUT2D eigenvalue weighted by molar-refractivity contribution is 5.81. The summed E-state index contributed by atoms with van der Waals surface area (Å²) >= 11 is 0. The van der Waals surface area contributed by atoms with Crippen LogP contribution in [-0.4, -0.2) is 49.4 Å². The summed E-state index contributed by atoms with van der Waals surface area (Å²) in [6.07, 6.45) is 2.50. The van der Waals surface area contributed by atoms with Crippen molar-refractivity contribution in [3.8, 4) is 6.07 Å². The minimum atomic E-state index is -0.459. The molecule has 4 nitrogen and oxygen atoms in total. The van der Waals surface area contributed by atoms with Gasteiger partial charge in [0, 0.05) is 13.1 Å². The van der Waals surface area contributed by atoms with Crippen LogP contribution in [0.15, 0.2) is 0 Å². The molecule has 0 radical (unpaired) electrons. The normalized spacial score (nSPS) is 12.2. The third-order valence-electron chi connectivity index (χ3n) is 2.76. The van der Waals surface area contributed by atoms with Crippen LogP contribution in [0.1, 0.15) is 33.1 Å². The van der Waals surface area contributed by atoms with Crippen molar-refractivity contribution in [1.29, 1.82) is 5.26 Å². The average molecular weight is 239 g/mol. The zero-order valence-electron chi connectivity index (χ0n) is 11.6. The van der Waals surface area contributed by atoms with Crippen LogP contribution in [-0.2, 0) is 4.79 Å². The number of rotatable bonds is 8. The Morgan fingerprint density at radius 2 is 1.94 bits per heavy atom. The predicted molar refractivity (Wildman–Crippen MR) is 69.4 cm³/mol. The van der Waals surface area contributed by atoms with Gasteiger partial charge in [0.1, 0.15) is 5.92 Å². The summed E-state index contributed by atoms with van der Waals surface area (Å²) in [5.41, 5.74) is 0. The van der Waals surface area contributed by atoms with Crippen molar-refractivity contribution in [2.24, 2.45) is 5.92 Å². The fourth-order valence-corrected chi connectivity index (χ4v) is 1.75. The van der Waals surface area contributed by atoms with Crippen molar-refractivity contribution >= 4 is 5.91 Å². The molecule has 0 aromatic heterocycles. The standard InChI is InChI=1S/C13H25N3O/c1-5-8-12(11-14)13(17)16(6-2)10-7-9-15(3)4/h12H,5-10H2,1-4H3. The molecule has 0 saturated heterocycles. The van der Waals surface area contributed by atoms with Gasteiger partial charge < -0.3 is 9.80 Å². The van der Waals surface area contributed by atoms with Crippen LogP contribution in [0.5, 0.6) is 0 Å². The second-order valence-corrected chi connectivity index (χ2v) is 4.55. The predicted octanol–water partition coefficient (Wildman–Crippen LogP) is 1.73. The molecule has 17 heavy (non-hydrogen) atoms.